The Labute approximate surface area is 168 Å². The SMILES string of the molecule is O=C(CCOc1ccccc1)Nc1ccc(Nc2ccc3c(c2)OCCO3)cn1. The van der Waals surface area contributed by atoms with E-state index < -0.39 is 0 Å². The molecule has 0 bridgehead atoms. The Bertz CT molecular complexity index is 962. The molecular formula is C22H21N3O4. The number of fused-ring (bicyclic) bond motifs is 1. The molecule has 0 saturated heterocycles. The maximum Gasteiger partial charge on any atom is 0.228 e. The molecule has 29 heavy (non-hydrogen) atoms. The van der Waals surface area contributed by atoms with Crippen LogP contribution in [0.5, 0.6) is 17.2 Å². The number of rotatable bonds is 7. The molecular weight excluding hydrogens is 370 g/mol. The van der Waals surface area contributed by atoms with Crippen molar-refractivity contribution in [2.75, 3.05) is 30.5 Å². The minimum Gasteiger partial charge on any atom is -0.493 e. The second-order valence-electron chi connectivity index (χ2n) is 6.38. The van der Waals surface area contributed by atoms with Gasteiger partial charge in [-0.2, -0.15) is 0 Å². The lowest BCUT2D eigenvalue weighted by Crippen LogP contribution is -2.16. The first-order chi connectivity index (χ1) is 14.3. The smallest absolute Gasteiger partial charge is 0.228 e. The number of nitrogens with one attached hydrogen (secondary N) is 2. The molecule has 3 aromatic rings. The molecule has 0 radical (unpaired) electrons. The number of ether oxygens (including phenoxy) is 3. The lowest BCUT2D eigenvalue weighted by atomic mass is 10.2. The summed E-state index contributed by atoms with van der Waals surface area (Å²) in [5, 5.41) is 6.02. The third-order valence-electron chi connectivity index (χ3n) is 4.20. The maximum absolute atomic E-state index is 12.0. The molecule has 4 rings (SSSR count). The molecule has 0 atom stereocenters. The quantitative estimate of drug-likeness (QED) is 0.633. The van der Waals surface area contributed by atoms with Gasteiger partial charge in [-0.25, -0.2) is 4.98 Å². The summed E-state index contributed by atoms with van der Waals surface area (Å²) in [6.07, 6.45) is 1.90. The molecule has 0 aliphatic carbocycles. The summed E-state index contributed by atoms with van der Waals surface area (Å²) in [7, 11) is 0. The molecule has 2 aromatic carbocycles. The average Bonchev–Trinajstić information content (AvgIpc) is 2.76. The van der Waals surface area contributed by atoms with Crippen LogP contribution in [0.3, 0.4) is 0 Å². The molecule has 0 saturated carbocycles. The number of aromatic nitrogens is 1. The normalized spacial score (nSPS) is 12.1. The van der Waals surface area contributed by atoms with Gasteiger partial charge in [-0.15, -0.1) is 0 Å². The fourth-order valence-corrected chi connectivity index (χ4v) is 2.81. The number of carbonyl (C=O) groups excluding carboxylic acids is 1. The number of nitrogens with zero attached hydrogens (tertiary/aromatic N) is 1. The van der Waals surface area contributed by atoms with Crippen LogP contribution in [0.4, 0.5) is 17.2 Å². The number of carbonyl (C=O) groups is 1. The van der Waals surface area contributed by atoms with Crippen LogP contribution in [0.25, 0.3) is 0 Å². The second kappa shape index (κ2) is 8.97. The number of para-hydroxylation sites is 1. The summed E-state index contributed by atoms with van der Waals surface area (Å²) in [5.41, 5.74) is 1.66. The summed E-state index contributed by atoms with van der Waals surface area (Å²) in [4.78, 5) is 16.3. The van der Waals surface area contributed by atoms with Crippen LogP contribution in [0.15, 0.2) is 66.9 Å². The van der Waals surface area contributed by atoms with Crippen molar-refractivity contribution in [1.82, 2.24) is 4.98 Å². The third kappa shape index (κ3) is 5.16. The van der Waals surface area contributed by atoms with Gasteiger partial charge in [0, 0.05) is 11.8 Å². The lowest BCUT2D eigenvalue weighted by Gasteiger charge is -2.19. The highest BCUT2D eigenvalue weighted by molar-refractivity contribution is 5.89. The van der Waals surface area contributed by atoms with Gasteiger partial charge >= 0.3 is 0 Å². The van der Waals surface area contributed by atoms with Crippen LogP contribution >= 0.6 is 0 Å². The average molecular weight is 391 g/mol. The molecule has 1 aliphatic rings. The predicted octanol–water partition coefficient (Wildman–Crippen LogP) is 4.00. The van der Waals surface area contributed by atoms with E-state index in [0.29, 0.717) is 25.6 Å². The predicted molar refractivity (Wildman–Crippen MR) is 110 cm³/mol. The van der Waals surface area contributed by atoms with Crippen LogP contribution in [0.1, 0.15) is 6.42 Å². The van der Waals surface area contributed by atoms with Gasteiger partial charge in [-0.1, -0.05) is 18.2 Å². The van der Waals surface area contributed by atoms with Crippen LogP contribution in [-0.2, 0) is 4.79 Å². The first-order valence-corrected chi connectivity index (χ1v) is 9.37. The molecule has 0 spiro atoms. The van der Waals surface area contributed by atoms with Crippen LogP contribution in [0, 0.1) is 0 Å². The number of pyridine rings is 1. The number of benzene rings is 2. The molecule has 148 valence electrons. The van der Waals surface area contributed by atoms with Crippen molar-refractivity contribution < 1.29 is 19.0 Å². The van der Waals surface area contributed by atoms with Crippen molar-refractivity contribution in [3.05, 3.63) is 66.9 Å². The summed E-state index contributed by atoms with van der Waals surface area (Å²) in [6.45, 7) is 1.41. The third-order valence-corrected chi connectivity index (χ3v) is 4.20. The summed E-state index contributed by atoms with van der Waals surface area (Å²) >= 11 is 0. The number of hydrogen-bond donors (Lipinski definition) is 2. The first-order valence-electron chi connectivity index (χ1n) is 9.37. The van der Waals surface area contributed by atoms with E-state index in [1.54, 1.807) is 12.3 Å². The molecule has 0 fully saturated rings. The largest absolute Gasteiger partial charge is 0.493 e. The highest BCUT2D eigenvalue weighted by Gasteiger charge is 2.12. The van der Waals surface area contributed by atoms with Crippen molar-refractivity contribution >= 4 is 23.1 Å². The van der Waals surface area contributed by atoms with Crippen LogP contribution in [0.2, 0.25) is 0 Å². The Morgan fingerprint density at radius 3 is 2.55 bits per heavy atom. The van der Waals surface area contributed by atoms with E-state index in [4.69, 9.17) is 14.2 Å². The molecule has 1 aliphatic heterocycles. The van der Waals surface area contributed by atoms with Gasteiger partial charge < -0.3 is 24.8 Å². The maximum atomic E-state index is 12.0. The Balaban J connectivity index is 1.27. The van der Waals surface area contributed by atoms with Crippen molar-refractivity contribution in [2.24, 2.45) is 0 Å². The minimum atomic E-state index is -0.152. The molecule has 1 aromatic heterocycles. The van der Waals surface area contributed by atoms with E-state index in [2.05, 4.69) is 15.6 Å². The summed E-state index contributed by atoms with van der Waals surface area (Å²) in [6, 6.07) is 18.7. The zero-order valence-electron chi connectivity index (χ0n) is 15.8. The summed E-state index contributed by atoms with van der Waals surface area (Å²) < 4.78 is 16.6. The lowest BCUT2D eigenvalue weighted by molar-refractivity contribution is -0.116. The molecule has 7 nitrogen and oxygen atoms in total. The van der Waals surface area contributed by atoms with E-state index >= 15 is 0 Å². The number of hydrogen-bond acceptors (Lipinski definition) is 6. The monoisotopic (exact) mass is 391 g/mol. The van der Waals surface area contributed by atoms with Crippen LogP contribution in [-0.4, -0.2) is 30.7 Å². The highest BCUT2D eigenvalue weighted by Crippen LogP contribution is 2.33. The number of amides is 1. The fraction of sp³-hybridized carbons (Fsp3) is 0.182. The molecule has 2 heterocycles. The van der Waals surface area contributed by atoms with Gasteiger partial charge in [-0.3, -0.25) is 4.79 Å². The fourth-order valence-electron chi connectivity index (χ4n) is 2.81. The van der Waals surface area contributed by atoms with Gasteiger partial charge in [-0.05, 0) is 36.4 Å². The number of anilines is 3. The molecule has 0 unspecified atom stereocenters. The van der Waals surface area contributed by atoms with Gasteiger partial charge in [0.2, 0.25) is 5.91 Å². The Kier molecular flexibility index (Phi) is 5.76. The van der Waals surface area contributed by atoms with Gasteiger partial charge in [0.1, 0.15) is 24.8 Å². The second-order valence-corrected chi connectivity index (χ2v) is 6.38. The molecule has 2 N–H and O–H groups in total. The van der Waals surface area contributed by atoms with E-state index in [0.717, 1.165) is 28.6 Å². The molecule has 1 amide bonds. The Hall–Kier alpha value is -3.74. The zero-order chi connectivity index (χ0) is 19.9. The van der Waals surface area contributed by atoms with Crippen molar-refractivity contribution in [1.29, 1.82) is 0 Å². The van der Waals surface area contributed by atoms with E-state index in [9.17, 15) is 4.79 Å². The Morgan fingerprint density at radius 1 is 0.966 bits per heavy atom. The van der Waals surface area contributed by atoms with E-state index in [-0.39, 0.29) is 12.3 Å². The topological polar surface area (TPSA) is 81.7 Å². The zero-order valence-corrected chi connectivity index (χ0v) is 15.8. The minimum absolute atomic E-state index is 0.152. The van der Waals surface area contributed by atoms with Crippen molar-refractivity contribution in [3.8, 4) is 17.2 Å². The summed E-state index contributed by atoms with van der Waals surface area (Å²) in [5.74, 6) is 2.54. The van der Waals surface area contributed by atoms with Gasteiger partial charge in [0.15, 0.2) is 11.5 Å². The van der Waals surface area contributed by atoms with Crippen LogP contribution < -0.4 is 24.8 Å². The highest BCUT2D eigenvalue weighted by atomic mass is 16.6. The first kappa shape index (κ1) is 18.6. The van der Waals surface area contributed by atoms with E-state index in [1.807, 2.05) is 54.6 Å². The van der Waals surface area contributed by atoms with Crippen molar-refractivity contribution in [2.45, 2.75) is 6.42 Å². The van der Waals surface area contributed by atoms with E-state index in [1.165, 1.54) is 0 Å². The standard InChI is InChI=1S/C22H21N3O4/c26-22(10-11-27-18-4-2-1-3-5-18)25-21-9-7-17(15-23-21)24-16-6-8-19-20(14-16)29-13-12-28-19/h1-9,14-15,24H,10-13H2,(H,23,25,26). The van der Waals surface area contributed by atoms with Crippen molar-refractivity contribution in [3.63, 3.8) is 0 Å². The van der Waals surface area contributed by atoms with Gasteiger partial charge in [0.05, 0.1) is 24.9 Å². The van der Waals surface area contributed by atoms with Gasteiger partial charge in [0.25, 0.3) is 0 Å². The molecule has 7 heteroatoms. The Morgan fingerprint density at radius 2 is 1.76 bits per heavy atom.